The van der Waals surface area contributed by atoms with Crippen LogP contribution in [0, 0.1) is 0 Å². The van der Waals surface area contributed by atoms with Crippen LogP contribution in [0.3, 0.4) is 0 Å². The van der Waals surface area contributed by atoms with Crippen LogP contribution < -0.4 is 10.1 Å². The number of likely N-dealkylation sites (tertiary alicyclic amines) is 1. The molecule has 1 amide bonds. The zero-order valence-corrected chi connectivity index (χ0v) is 18.3. The monoisotopic (exact) mass is 440 g/mol. The van der Waals surface area contributed by atoms with E-state index in [9.17, 15) is 4.79 Å². The molecule has 6 heteroatoms. The second kappa shape index (κ2) is 10.1. The van der Waals surface area contributed by atoms with Crippen molar-refractivity contribution >= 4 is 29.0 Å². The maximum absolute atomic E-state index is 12.1. The summed E-state index contributed by atoms with van der Waals surface area (Å²) < 4.78 is 5.41. The first-order valence-electron chi connectivity index (χ1n) is 10.3. The van der Waals surface area contributed by atoms with Crippen molar-refractivity contribution in [3.8, 4) is 16.2 Å². The Morgan fingerprint density at radius 3 is 2.43 bits per heavy atom. The fourth-order valence-corrected chi connectivity index (χ4v) is 4.50. The van der Waals surface area contributed by atoms with Crippen molar-refractivity contribution in [2.24, 2.45) is 0 Å². The van der Waals surface area contributed by atoms with Crippen LogP contribution in [0.25, 0.3) is 11.1 Å². The van der Waals surface area contributed by atoms with Gasteiger partial charge in [0.2, 0.25) is 0 Å². The third-order valence-corrected chi connectivity index (χ3v) is 6.31. The molecule has 0 radical (unpaired) electrons. The molecule has 0 aliphatic carbocycles. The highest BCUT2D eigenvalue weighted by atomic mass is 35.5. The topological polar surface area (TPSA) is 41.6 Å². The molecule has 4 nitrogen and oxygen atoms in total. The summed E-state index contributed by atoms with van der Waals surface area (Å²) in [4.78, 5) is 14.6. The number of thiophene rings is 1. The van der Waals surface area contributed by atoms with Crippen LogP contribution in [0.1, 0.15) is 24.0 Å². The SMILES string of the molecule is O=C(NCCc1ccc(CN2CCCC2)cc1)Oc1cc(-c2ccc(Cl)cc2)cs1. The van der Waals surface area contributed by atoms with Crippen molar-refractivity contribution in [2.45, 2.75) is 25.8 Å². The number of carbonyl (C=O) groups excluding carboxylic acids is 1. The Kier molecular flexibility index (Phi) is 7.05. The summed E-state index contributed by atoms with van der Waals surface area (Å²) in [6.45, 7) is 3.99. The molecule has 0 bridgehead atoms. The molecule has 2 heterocycles. The summed E-state index contributed by atoms with van der Waals surface area (Å²) in [5, 5.41) is 6.07. The zero-order chi connectivity index (χ0) is 20.8. The number of hydrogen-bond acceptors (Lipinski definition) is 4. The average molecular weight is 441 g/mol. The molecule has 2 aromatic carbocycles. The van der Waals surface area contributed by atoms with E-state index in [1.165, 1.54) is 48.4 Å². The van der Waals surface area contributed by atoms with Crippen molar-refractivity contribution in [3.05, 3.63) is 76.1 Å². The second-order valence-electron chi connectivity index (χ2n) is 7.53. The van der Waals surface area contributed by atoms with Crippen molar-refractivity contribution in [1.29, 1.82) is 0 Å². The van der Waals surface area contributed by atoms with Gasteiger partial charge in [0.1, 0.15) is 0 Å². The van der Waals surface area contributed by atoms with Gasteiger partial charge < -0.3 is 10.1 Å². The minimum Gasteiger partial charge on any atom is -0.399 e. The first-order valence-corrected chi connectivity index (χ1v) is 11.5. The van der Waals surface area contributed by atoms with Gasteiger partial charge >= 0.3 is 6.09 Å². The summed E-state index contributed by atoms with van der Waals surface area (Å²) in [6, 6.07) is 18.1. The van der Waals surface area contributed by atoms with Gasteiger partial charge in [-0.2, -0.15) is 0 Å². The van der Waals surface area contributed by atoms with Crippen LogP contribution in [-0.2, 0) is 13.0 Å². The largest absolute Gasteiger partial charge is 0.413 e. The van der Waals surface area contributed by atoms with Gasteiger partial charge in [-0.1, -0.05) is 48.0 Å². The fraction of sp³-hybridized carbons (Fsp3) is 0.292. The summed E-state index contributed by atoms with van der Waals surface area (Å²) in [5.74, 6) is 0. The van der Waals surface area contributed by atoms with Gasteiger partial charge in [0, 0.05) is 29.6 Å². The van der Waals surface area contributed by atoms with E-state index < -0.39 is 6.09 Å². The first-order chi connectivity index (χ1) is 14.7. The van der Waals surface area contributed by atoms with E-state index >= 15 is 0 Å². The average Bonchev–Trinajstić information content (AvgIpc) is 3.42. The number of amides is 1. The lowest BCUT2D eigenvalue weighted by atomic mass is 10.1. The smallest absolute Gasteiger partial charge is 0.399 e. The summed E-state index contributed by atoms with van der Waals surface area (Å²) in [5.41, 5.74) is 4.61. The lowest BCUT2D eigenvalue weighted by Crippen LogP contribution is -2.28. The minimum atomic E-state index is -0.426. The third-order valence-electron chi connectivity index (χ3n) is 5.26. The Labute approximate surface area is 186 Å². The molecule has 1 aromatic heterocycles. The van der Waals surface area contributed by atoms with E-state index in [-0.39, 0.29) is 0 Å². The molecule has 4 rings (SSSR count). The Bertz CT molecular complexity index is 964. The van der Waals surface area contributed by atoms with Gasteiger partial charge in [0.25, 0.3) is 0 Å². The number of ether oxygens (including phenoxy) is 1. The van der Waals surface area contributed by atoms with Gasteiger partial charge in [-0.15, -0.1) is 11.3 Å². The molecule has 1 N–H and O–H groups in total. The first kappa shape index (κ1) is 20.9. The predicted molar refractivity (Wildman–Crippen MR) is 123 cm³/mol. The van der Waals surface area contributed by atoms with Crippen LogP contribution in [-0.4, -0.2) is 30.6 Å². The summed E-state index contributed by atoms with van der Waals surface area (Å²) >= 11 is 7.33. The molecule has 1 saturated heterocycles. The number of rotatable bonds is 7. The lowest BCUT2D eigenvalue weighted by molar-refractivity contribution is 0.202. The molecule has 0 atom stereocenters. The standard InChI is InChI=1S/C24H25ClN2O2S/c25-22-9-7-20(8-10-22)21-15-23(30-17-21)29-24(28)26-12-11-18-3-5-19(6-4-18)16-27-13-1-2-14-27/h3-10,15,17H,1-2,11-14,16H2,(H,26,28). The third kappa shape index (κ3) is 5.85. The maximum atomic E-state index is 12.1. The highest BCUT2D eigenvalue weighted by molar-refractivity contribution is 7.12. The van der Waals surface area contributed by atoms with Gasteiger partial charge in [-0.3, -0.25) is 4.90 Å². The fourth-order valence-electron chi connectivity index (χ4n) is 3.61. The second-order valence-corrected chi connectivity index (χ2v) is 8.84. The van der Waals surface area contributed by atoms with Crippen molar-refractivity contribution < 1.29 is 9.53 Å². The van der Waals surface area contributed by atoms with Gasteiger partial charge in [-0.05, 0) is 66.7 Å². The molecule has 1 aliphatic rings. The van der Waals surface area contributed by atoms with Crippen LogP contribution in [0.4, 0.5) is 4.79 Å². The van der Waals surface area contributed by atoms with Crippen molar-refractivity contribution in [1.82, 2.24) is 10.2 Å². The molecule has 0 spiro atoms. The highest BCUT2D eigenvalue weighted by Gasteiger charge is 2.12. The Hall–Kier alpha value is -2.34. The van der Waals surface area contributed by atoms with Crippen LogP contribution in [0.15, 0.2) is 60.0 Å². The zero-order valence-electron chi connectivity index (χ0n) is 16.8. The molecule has 156 valence electrons. The van der Waals surface area contributed by atoms with E-state index in [1.54, 1.807) is 0 Å². The van der Waals surface area contributed by atoms with E-state index in [0.717, 1.165) is 24.1 Å². The number of nitrogens with zero attached hydrogens (tertiary/aromatic N) is 1. The summed E-state index contributed by atoms with van der Waals surface area (Å²) in [7, 11) is 0. The van der Waals surface area contributed by atoms with Gasteiger partial charge in [0.05, 0.1) is 0 Å². The normalized spacial score (nSPS) is 14.0. The minimum absolute atomic E-state index is 0.426. The Morgan fingerprint density at radius 2 is 1.70 bits per heavy atom. The molecular weight excluding hydrogens is 416 g/mol. The van der Waals surface area contributed by atoms with Crippen LogP contribution >= 0.6 is 22.9 Å². The summed E-state index contributed by atoms with van der Waals surface area (Å²) in [6.07, 6.45) is 2.98. The molecule has 1 fully saturated rings. The van der Waals surface area contributed by atoms with Gasteiger partial charge in [-0.25, -0.2) is 4.79 Å². The maximum Gasteiger partial charge on any atom is 0.413 e. The lowest BCUT2D eigenvalue weighted by Gasteiger charge is -2.14. The quantitative estimate of drug-likeness (QED) is 0.490. The molecular formula is C24H25ClN2O2S. The number of nitrogens with one attached hydrogen (secondary N) is 1. The van der Waals surface area contributed by atoms with Crippen molar-refractivity contribution in [2.75, 3.05) is 19.6 Å². The van der Waals surface area contributed by atoms with E-state index in [0.29, 0.717) is 16.6 Å². The number of hydrogen-bond donors (Lipinski definition) is 1. The number of benzene rings is 2. The number of carbonyl (C=O) groups is 1. The van der Waals surface area contributed by atoms with E-state index in [1.807, 2.05) is 35.7 Å². The van der Waals surface area contributed by atoms with Crippen molar-refractivity contribution in [3.63, 3.8) is 0 Å². The van der Waals surface area contributed by atoms with E-state index in [4.69, 9.17) is 16.3 Å². The Balaban J connectivity index is 1.21. The van der Waals surface area contributed by atoms with Crippen LogP contribution in [0.2, 0.25) is 5.02 Å². The molecule has 0 unspecified atom stereocenters. The number of halogens is 1. The molecule has 0 saturated carbocycles. The van der Waals surface area contributed by atoms with Crippen LogP contribution in [0.5, 0.6) is 5.06 Å². The van der Waals surface area contributed by atoms with Gasteiger partial charge in [0.15, 0.2) is 5.06 Å². The predicted octanol–water partition coefficient (Wildman–Crippen LogP) is 6.00. The highest BCUT2D eigenvalue weighted by Crippen LogP contribution is 2.31. The molecule has 30 heavy (non-hydrogen) atoms. The molecule has 1 aliphatic heterocycles. The van der Waals surface area contributed by atoms with E-state index in [2.05, 4.69) is 34.5 Å². The molecule has 3 aromatic rings. The Morgan fingerprint density at radius 1 is 1.00 bits per heavy atom.